The van der Waals surface area contributed by atoms with Gasteiger partial charge in [0.05, 0.1) is 11.4 Å². The third-order valence-corrected chi connectivity index (χ3v) is 5.55. The number of nitrogens with zero attached hydrogens (tertiary/aromatic N) is 4. The lowest BCUT2D eigenvalue weighted by atomic mass is 9.93. The van der Waals surface area contributed by atoms with E-state index in [9.17, 15) is 14.4 Å². The number of carbonyl (C=O) groups excluding carboxylic acids is 2. The predicted molar refractivity (Wildman–Crippen MR) is 97.5 cm³/mol. The molecule has 7 nitrogen and oxygen atoms in total. The van der Waals surface area contributed by atoms with E-state index in [1.54, 1.807) is 23.6 Å². The van der Waals surface area contributed by atoms with Gasteiger partial charge >= 0.3 is 6.03 Å². The molecule has 0 bridgehead atoms. The van der Waals surface area contributed by atoms with Gasteiger partial charge in [0.25, 0.3) is 11.5 Å². The summed E-state index contributed by atoms with van der Waals surface area (Å²) in [6.07, 6.45) is 1.53. The molecule has 7 heteroatoms. The molecule has 136 valence electrons. The second-order valence-corrected chi connectivity index (χ2v) is 7.21. The Kier molecular flexibility index (Phi) is 3.75. The van der Waals surface area contributed by atoms with E-state index in [1.807, 2.05) is 30.3 Å². The van der Waals surface area contributed by atoms with Gasteiger partial charge in [-0.15, -0.1) is 0 Å². The van der Waals surface area contributed by atoms with Crippen LogP contribution in [0.4, 0.5) is 10.5 Å². The number of hydrogen-bond acceptors (Lipinski definition) is 3. The molecule has 2 saturated heterocycles. The standard InChI is InChI=1S/C19H22N4O3/c1-12-9-10-21-15(11-12)17(24)22(19(21)26)16-13(2)20(3)23(18(16)25)14-7-5-4-6-8-14/h4-8,12,15H,9-11H2,1-3H3/t12-,15-/m1/s1. The van der Waals surface area contributed by atoms with Crippen molar-refractivity contribution >= 4 is 17.6 Å². The number of hydrogen-bond donors (Lipinski definition) is 0. The molecule has 1 aromatic heterocycles. The zero-order valence-corrected chi connectivity index (χ0v) is 15.2. The van der Waals surface area contributed by atoms with Crippen molar-refractivity contribution in [2.75, 3.05) is 11.4 Å². The number of fused-ring (bicyclic) bond motifs is 1. The molecule has 4 rings (SSSR count). The van der Waals surface area contributed by atoms with Crippen molar-refractivity contribution in [3.05, 3.63) is 46.4 Å². The van der Waals surface area contributed by atoms with Gasteiger partial charge in [-0.25, -0.2) is 14.4 Å². The highest BCUT2D eigenvalue weighted by Crippen LogP contribution is 2.33. The van der Waals surface area contributed by atoms with Gasteiger partial charge in [-0.1, -0.05) is 25.1 Å². The fourth-order valence-corrected chi connectivity index (χ4v) is 3.99. The number of imide groups is 1. The molecule has 2 aliphatic heterocycles. The summed E-state index contributed by atoms with van der Waals surface area (Å²) < 4.78 is 3.18. The summed E-state index contributed by atoms with van der Waals surface area (Å²) in [5.41, 5.74) is 1.09. The normalized spacial score (nSPS) is 22.9. The average molecular weight is 354 g/mol. The van der Waals surface area contributed by atoms with Crippen molar-refractivity contribution in [2.45, 2.75) is 32.7 Å². The first-order valence-electron chi connectivity index (χ1n) is 8.90. The number of para-hydroxylation sites is 1. The van der Waals surface area contributed by atoms with E-state index in [1.165, 1.54) is 4.68 Å². The lowest BCUT2D eigenvalue weighted by Gasteiger charge is -2.30. The summed E-state index contributed by atoms with van der Waals surface area (Å²) in [7, 11) is 1.76. The number of anilines is 1. The minimum atomic E-state index is -0.449. The maximum absolute atomic E-state index is 13.1. The summed E-state index contributed by atoms with van der Waals surface area (Å²) in [5, 5.41) is 0. The summed E-state index contributed by atoms with van der Waals surface area (Å²) >= 11 is 0. The van der Waals surface area contributed by atoms with Crippen LogP contribution in [0, 0.1) is 12.8 Å². The zero-order chi connectivity index (χ0) is 18.6. The SMILES string of the molecule is Cc1c(N2C(=O)[C@H]3C[C@H](C)CCN3C2=O)c(=O)n(-c2ccccc2)n1C. The third-order valence-electron chi connectivity index (χ3n) is 5.55. The third kappa shape index (κ3) is 2.23. The Hall–Kier alpha value is -2.83. The predicted octanol–water partition coefficient (Wildman–Crippen LogP) is 2.05. The molecular formula is C19H22N4O3. The van der Waals surface area contributed by atoms with E-state index in [4.69, 9.17) is 0 Å². The van der Waals surface area contributed by atoms with E-state index in [-0.39, 0.29) is 23.2 Å². The minimum absolute atomic E-state index is 0.161. The van der Waals surface area contributed by atoms with Crippen LogP contribution in [0.5, 0.6) is 0 Å². The molecule has 0 spiro atoms. The van der Waals surface area contributed by atoms with E-state index in [0.717, 1.165) is 11.3 Å². The van der Waals surface area contributed by atoms with Crippen LogP contribution in [-0.4, -0.2) is 38.8 Å². The molecule has 0 saturated carbocycles. The highest BCUT2D eigenvalue weighted by molar-refractivity contribution is 6.21. The van der Waals surface area contributed by atoms with Crippen molar-refractivity contribution < 1.29 is 9.59 Å². The molecule has 26 heavy (non-hydrogen) atoms. The summed E-state index contributed by atoms with van der Waals surface area (Å²) in [5.74, 6) is 0.110. The van der Waals surface area contributed by atoms with Crippen LogP contribution in [0.15, 0.2) is 35.1 Å². The summed E-state index contributed by atoms with van der Waals surface area (Å²) in [4.78, 5) is 41.7. The van der Waals surface area contributed by atoms with Crippen LogP contribution in [0.2, 0.25) is 0 Å². The quantitative estimate of drug-likeness (QED) is 0.775. The van der Waals surface area contributed by atoms with E-state index in [2.05, 4.69) is 6.92 Å². The Morgan fingerprint density at radius 2 is 1.77 bits per heavy atom. The van der Waals surface area contributed by atoms with Gasteiger partial charge in [-0.3, -0.25) is 14.3 Å². The highest BCUT2D eigenvalue weighted by atomic mass is 16.2. The van der Waals surface area contributed by atoms with E-state index < -0.39 is 6.04 Å². The minimum Gasteiger partial charge on any atom is -0.312 e. The second-order valence-electron chi connectivity index (χ2n) is 7.21. The lowest BCUT2D eigenvalue weighted by molar-refractivity contribution is -0.120. The molecule has 1 aromatic carbocycles. The molecule has 3 heterocycles. The molecule has 0 N–H and O–H groups in total. The number of benzene rings is 1. The number of urea groups is 1. The lowest BCUT2D eigenvalue weighted by Crippen LogP contribution is -2.41. The Labute approximate surface area is 151 Å². The smallest absolute Gasteiger partial charge is 0.312 e. The van der Waals surface area contributed by atoms with Crippen LogP contribution >= 0.6 is 0 Å². The van der Waals surface area contributed by atoms with Crippen LogP contribution in [0.25, 0.3) is 5.69 Å². The van der Waals surface area contributed by atoms with Crippen LogP contribution < -0.4 is 10.5 Å². The fourth-order valence-electron chi connectivity index (χ4n) is 3.99. The number of piperidine rings is 1. The summed E-state index contributed by atoms with van der Waals surface area (Å²) in [6.45, 7) is 4.41. The van der Waals surface area contributed by atoms with Crippen molar-refractivity contribution in [1.29, 1.82) is 0 Å². The van der Waals surface area contributed by atoms with Crippen LogP contribution in [0.1, 0.15) is 25.5 Å². The van der Waals surface area contributed by atoms with E-state index >= 15 is 0 Å². The van der Waals surface area contributed by atoms with Gasteiger partial charge < -0.3 is 4.90 Å². The van der Waals surface area contributed by atoms with Gasteiger partial charge in [-0.2, -0.15) is 0 Å². The largest absolute Gasteiger partial charge is 0.332 e. The fraction of sp³-hybridized carbons (Fsp3) is 0.421. The van der Waals surface area contributed by atoms with Crippen molar-refractivity contribution in [3.63, 3.8) is 0 Å². The molecule has 2 aromatic rings. The molecule has 3 amide bonds. The van der Waals surface area contributed by atoms with Gasteiger partial charge in [0.1, 0.15) is 11.7 Å². The Bertz CT molecular complexity index is 944. The second kappa shape index (κ2) is 5.86. The maximum Gasteiger partial charge on any atom is 0.332 e. The molecule has 0 unspecified atom stereocenters. The molecule has 2 atom stereocenters. The number of aromatic nitrogens is 2. The van der Waals surface area contributed by atoms with Crippen molar-refractivity contribution in [2.24, 2.45) is 13.0 Å². The Balaban J connectivity index is 1.83. The van der Waals surface area contributed by atoms with E-state index in [0.29, 0.717) is 30.3 Å². The number of rotatable bonds is 2. The topological polar surface area (TPSA) is 67.6 Å². The number of amides is 3. The van der Waals surface area contributed by atoms with Crippen molar-refractivity contribution in [1.82, 2.24) is 14.3 Å². The van der Waals surface area contributed by atoms with Gasteiger partial charge in [0.15, 0.2) is 0 Å². The van der Waals surface area contributed by atoms with Gasteiger partial charge in [0.2, 0.25) is 0 Å². The van der Waals surface area contributed by atoms with Crippen molar-refractivity contribution in [3.8, 4) is 5.69 Å². The zero-order valence-electron chi connectivity index (χ0n) is 15.2. The Morgan fingerprint density at radius 3 is 2.46 bits per heavy atom. The molecule has 2 fully saturated rings. The highest BCUT2D eigenvalue weighted by Gasteiger charge is 2.49. The first-order valence-corrected chi connectivity index (χ1v) is 8.90. The molecular weight excluding hydrogens is 332 g/mol. The van der Waals surface area contributed by atoms with Gasteiger partial charge in [-0.05, 0) is 37.8 Å². The van der Waals surface area contributed by atoms with Crippen LogP contribution in [0.3, 0.4) is 0 Å². The Morgan fingerprint density at radius 1 is 1.08 bits per heavy atom. The monoisotopic (exact) mass is 354 g/mol. The first-order chi connectivity index (χ1) is 12.4. The van der Waals surface area contributed by atoms with Crippen LogP contribution in [-0.2, 0) is 11.8 Å². The number of carbonyl (C=O) groups is 2. The maximum atomic E-state index is 13.1. The van der Waals surface area contributed by atoms with Gasteiger partial charge in [0, 0.05) is 13.6 Å². The molecule has 2 aliphatic rings. The first kappa shape index (κ1) is 16.6. The average Bonchev–Trinajstić information content (AvgIpc) is 2.99. The summed E-state index contributed by atoms with van der Waals surface area (Å²) in [6, 6.07) is 8.38. The molecule has 0 radical (unpaired) electrons. The molecule has 0 aliphatic carbocycles.